The van der Waals surface area contributed by atoms with Crippen LogP contribution >= 0.6 is 11.6 Å². The second-order valence-electron chi connectivity index (χ2n) is 6.77. The maximum atomic E-state index is 12.6. The van der Waals surface area contributed by atoms with Crippen molar-refractivity contribution in [3.05, 3.63) is 58.6 Å². The number of carbonyl (C=O) groups is 1. The van der Waals surface area contributed by atoms with Crippen LogP contribution in [0.5, 0.6) is 5.75 Å². The second kappa shape index (κ2) is 11.0. The smallest absolute Gasteiger partial charge is 0.221 e. The van der Waals surface area contributed by atoms with Crippen molar-refractivity contribution in [1.29, 1.82) is 5.26 Å². The lowest BCUT2D eigenvalue weighted by Gasteiger charge is -2.15. The number of nitrogens with zero attached hydrogens (tertiary/aromatic N) is 1. The molecule has 0 saturated carbocycles. The molecule has 0 aliphatic rings. The quantitative estimate of drug-likeness (QED) is 0.577. The van der Waals surface area contributed by atoms with Crippen LogP contribution in [0, 0.1) is 11.3 Å². The first-order valence-electron chi connectivity index (χ1n) is 9.30. The molecule has 9 heteroatoms. The first-order chi connectivity index (χ1) is 14.2. The highest BCUT2D eigenvalue weighted by atomic mass is 35.5. The van der Waals surface area contributed by atoms with E-state index in [1.165, 1.54) is 19.2 Å². The van der Waals surface area contributed by atoms with E-state index >= 15 is 0 Å². The fraction of sp³-hybridized carbons (Fsp3) is 0.333. The zero-order valence-corrected chi connectivity index (χ0v) is 18.4. The molecule has 1 atom stereocenters. The van der Waals surface area contributed by atoms with Crippen molar-refractivity contribution in [2.45, 2.75) is 30.7 Å². The minimum Gasteiger partial charge on any atom is -0.495 e. The number of hydrogen-bond donors (Lipinski definition) is 2. The summed E-state index contributed by atoms with van der Waals surface area (Å²) >= 11 is 5.91. The molecule has 7 nitrogen and oxygen atoms in total. The molecule has 0 radical (unpaired) electrons. The Hall–Kier alpha value is -2.60. The Kier molecular flexibility index (Phi) is 8.66. The molecule has 0 fully saturated rings. The molecule has 2 rings (SSSR count). The summed E-state index contributed by atoms with van der Waals surface area (Å²) in [6.07, 6.45) is 0.776. The normalized spacial score (nSPS) is 12.1. The van der Waals surface area contributed by atoms with Crippen LogP contribution in [0.15, 0.2) is 47.4 Å². The van der Waals surface area contributed by atoms with Crippen LogP contribution in [0.1, 0.15) is 24.5 Å². The van der Waals surface area contributed by atoms with E-state index < -0.39 is 9.84 Å². The van der Waals surface area contributed by atoms with Crippen LogP contribution in [0.4, 0.5) is 0 Å². The molecule has 30 heavy (non-hydrogen) atoms. The van der Waals surface area contributed by atoms with Gasteiger partial charge in [0.2, 0.25) is 5.91 Å². The Morgan fingerprint density at radius 3 is 2.57 bits per heavy atom. The van der Waals surface area contributed by atoms with Crippen molar-refractivity contribution < 1.29 is 17.9 Å². The van der Waals surface area contributed by atoms with Crippen LogP contribution in [0.3, 0.4) is 0 Å². The first-order valence-corrected chi connectivity index (χ1v) is 11.3. The zero-order valence-electron chi connectivity index (χ0n) is 16.8. The lowest BCUT2D eigenvalue weighted by Crippen LogP contribution is -2.37. The van der Waals surface area contributed by atoms with E-state index in [4.69, 9.17) is 21.6 Å². The summed E-state index contributed by atoms with van der Waals surface area (Å²) in [7, 11) is -2.30. The zero-order chi connectivity index (χ0) is 22.1. The lowest BCUT2D eigenvalue weighted by atomic mass is 10.1. The van der Waals surface area contributed by atoms with Crippen molar-refractivity contribution in [1.82, 2.24) is 10.6 Å². The van der Waals surface area contributed by atoms with E-state index in [0.29, 0.717) is 23.6 Å². The van der Waals surface area contributed by atoms with Gasteiger partial charge in [0.15, 0.2) is 9.84 Å². The lowest BCUT2D eigenvalue weighted by molar-refractivity contribution is -0.121. The third kappa shape index (κ3) is 7.02. The molecular formula is C21H24ClN3O4S. The average molecular weight is 450 g/mol. The van der Waals surface area contributed by atoms with E-state index in [-0.39, 0.29) is 34.9 Å². The number of nitrogens with one attached hydrogen (secondary N) is 2. The molecule has 1 unspecified atom stereocenters. The van der Waals surface area contributed by atoms with Gasteiger partial charge in [0.1, 0.15) is 16.5 Å². The van der Waals surface area contributed by atoms with Crippen molar-refractivity contribution >= 4 is 27.3 Å². The molecule has 0 aliphatic heterocycles. The molecule has 0 bridgehead atoms. The molecule has 0 spiro atoms. The second-order valence-corrected chi connectivity index (χ2v) is 9.17. The highest BCUT2D eigenvalue weighted by molar-refractivity contribution is 7.91. The first kappa shape index (κ1) is 23.7. The predicted octanol–water partition coefficient (Wildman–Crippen LogP) is 2.68. The van der Waals surface area contributed by atoms with Gasteiger partial charge in [0.05, 0.1) is 18.7 Å². The summed E-state index contributed by atoms with van der Waals surface area (Å²) in [5.74, 6) is -0.306. The van der Waals surface area contributed by atoms with Gasteiger partial charge in [-0.05, 0) is 49.2 Å². The van der Waals surface area contributed by atoms with E-state index in [1.54, 1.807) is 25.1 Å². The van der Waals surface area contributed by atoms with E-state index in [9.17, 15) is 13.2 Å². The van der Waals surface area contributed by atoms with Crippen molar-refractivity contribution in [2.75, 3.05) is 19.5 Å². The standard InChI is InChI=1S/C21H24ClN3O4S/c1-15(11-21(26)24-10-9-16-3-5-17(13-23)6-4-16)25-14-30(27,28)20-12-18(22)7-8-19(20)29-2/h3-8,12,15,25H,9-11,14H2,1-2H3,(H,24,26). The number of halogens is 1. The molecule has 0 aliphatic carbocycles. The largest absolute Gasteiger partial charge is 0.495 e. The molecule has 1 amide bonds. The number of amides is 1. The van der Waals surface area contributed by atoms with Crippen LogP contribution in [0.2, 0.25) is 5.02 Å². The highest BCUT2D eigenvalue weighted by Gasteiger charge is 2.21. The van der Waals surface area contributed by atoms with Crippen molar-refractivity contribution in [3.63, 3.8) is 0 Å². The summed E-state index contributed by atoms with van der Waals surface area (Å²) in [4.78, 5) is 12.1. The van der Waals surface area contributed by atoms with Gasteiger partial charge >= 0.3 is 0 Å². The third-order valence-corrected chi connectivity index (χ3v) is 6.16. The molecule has 0 aromatic heterocycles. The highest BCUT2D eigenvalue weighted by Crippen LogP contribution is 2.27. The van der Waals surface area contributed by atoms with Crippen molar-refractivity contribution in [2.24, 2.45) is 0 Å². The number of carbonyl (C=O) groups excluding carboxylic acids is 1. The van der Waals surface area contributed by atoms with Gasteiger partial charge in [-0.3, -0.25) is 4.79 Å². The fourth-order valence-corrected chi connectivity index (χ4v) is 4.40. The molecule has 0 heterocycles. The molecule has 2 N–H and O–H groups in total. The van der Waals surface area contributed by atoms with Crippen molar-refractivity contribution in [3.8, 4) is 11.8 Å². The van der Waals surface area contributed by atoms with Gasteiger partial charge < -0.3 is 15.4 Å². The minimum absolute atomic E-state index is 0.00377. The Morgan fingerprint density at radius 1 is 1.23 bits per heavy atom. The van der Waals surface area contributed by atoms with Gasteiger partial charge in [-0.15, -0.1) is 0 Å². The van der Waals surface area contributed by atoms with E-state index in [0.717, 1.165) is 5.56 Å². The Bertz CT molecular complexity index is 1020. The topological polar surface area (TPSA) is 108 Å². The molecule has 2 aromatic carbocycles. The third-order valence-electron chi connectivity index (χ3n) is 4.39. The minimum atomic E-state index is -3.69. The summed E-state index contributed by atoms with van der Waals surface area (Å²) in [6.45, 7) is 2.19. The van der Waals surface area contributed by atoms with Gasteiger partial charge in [-0.25, -0.2) is 8.42 Å². The molecule has 2 aromatic rings. The average Bonchev–Trinajstić information content (AvgIpc) is 2.73. The fourth-order valence-electron chi connectivity index (χ4n) is 2.74. The Labute approximate surface area is 181 Å². The number of sulfone groups is 1. The number of nitriles is 1. The SMILES string of the molecule is COc1ccc(Cl)cc1S(=O)(=O)CNC(C)CC(=O)NCCc1ccc(C#N)cc1. The maximum Gasteiger partial charge on any atom is 0.221 e. The summed E-state index contributed by atoms with van der Waals surface area (Å²) < 4.78 is 30.3. The van der Waals surface area contributed by atoms with Crippen LogP contribution in [-0.4, -0.2) is 39.9 Å². The monoisotopic (exact) mass is 449 g/mol. The Morgan fingerprint density at radius 2 is 1.93 bits per heavy atom. The number of rotatable bonds is 10. The molecule has 0 saturated heterocycles. The Balaban J connectivity index is 1.80. The number of methoxy groups -OCH3 is 1. The summed E-state index contributed by atoms with van der Waals surface area (Å²) in [5.41, 5.74) is 1.61. The van der Waals surface area contributed by atoms with Crippen LogP contribution in [-0.2, 0) is 21.1 Å². The van der Waals surface area contributed by atoms with Crippen LogP contribution < -0.4 is 15.4 Å². The van der Waals surface area contributed by atoms with E-state index in [2.05, 4.69) is 16.7 Å². The number of benzene rings is 2. The van der Waals surface area contributed by atoms with Gasteiger partial charge in [-0.2, -0.15) is 5.26 Å². The van der Waals surface area contributed by atoms with E-state index in [1.807, 2.05) is 12.1 Å². The number of hydrogen-bond acceptors (Lipinski definition) is 6. The summed E-state index contributed by atoms with van der Waals surface area (Å²) in [6, 6.07) is 13.3. The van der Waals surface area contributed by atoms with Crippen LogP contribution in [0.25, 0.3) is 0 Å². The molecule has 160 valence electrons. The maximum absolute atomic E-state index is 12.6. The summed E-state index contributed by atoms with van der Waals surface area (Å²) in [5, 5.41) is 14.8. The van der Waals surface area contributed by atoms with Gasteiger partial charge in [-0.1, -0.05) is 23.7 Å². The number of ether oxygens (including phenoxy) is 1. The van der Waals surface area contributed by atoms with Gasteiger partial charge in [0.25, 0.3) is 0 Å². The van der Waals surface area contributed by atoms with Gasteiger partial charge in [0, 0.05) is 24.0 Å². The molecular weight excluding hydrogens is 426 g/mol. The predicted molar refractivity (Wildman–Crippen MR) is 115 cm³/mol.